The van der Waals surface area contributed by atoms with E-state index in [0.29, 0.717) is 19.5 Å². The van der Waals surface area contributed by atoms with Crippen LogP contribution in [0.2, 0.25) is 0 Å². The zero-order chi connectivity index (χ0) is 16.2. The number of nitrogens with zero attached hydrogens (tertiary/aromatic N) is 2. The number of aliphatic hydroxyl groups is 1. The molecule has 1 amide bonds. The third kappa shape index (κ3) is 4.06. The number of amides is 1. The molecule has 23 heavy (non-hydrogen) atoms. The Kier molecular flexibility index (Phi) is 4.88. The van der Waals surface area contributed by atoms with Gasteiger partial charge in [0.1, 0.15) is 0 Å². The van der Waals surface area contributed by atoms with E-state index in [9.17, 15) is 9.90 Å². The van der Waals surface area contributed by atoms with E-state index < -0.39 is 6.10 Å². The first-order valence-corrected chi connectivity index (χ1v) is 8.09. The van der Waals surface area contributed by atoms with Gasteiger partial charge < -0.3 is 15.3 Å². The number of hydrogen-bond donors (Lipinski definition) is 2. The lowest BCUT2D eigenvalue weighted by molar-refractivity contribution is -0.122. The van der Waals surface area contributed by atoms with Gasteiger partial charge in [0.05, 0.1) is 11.6 Å². The van der Waals surface area contributed by atoms with E-state index in [1.807, 2.05) is 25.2 Å². The van der Waals surface area contributed by atoms with Gasteiger partial charge in [-0.2, -0.15) is 0 Å². The molecule has 2 N–H and O–H groups in total. The van der Waals surface area contributed by atoms with Crippen molar-refractivity contribution < 1.29 is 9.90 Å². The number of rotatable bonds is 5. The number of likely N-dealkylation sites (N-methyl/N-ethyl adjacent to an activating group) is 1. The van der Waals surface area contributed by atoms with Crippen molar-refractivity contribution >= 4 is 16.8 Å². The molecule has 122 valence electrons. The first-order valence-electron chi connectivity index (χ1n) is 8.09. The Morgan fingerprint density at radius 2 is 2.26 bits per heavy atom. The fourth-order valence-electron chi connectivity index (χ4n) is 3.20. The number of carbonyl (C=O) groups is 1. The summed E-state index contributed by atoms with van der Waals surface area (Å²) in [5, 5.41) is 14.0. The van der Waals surface area contributed by atoms with Crippen molar-refractivity contribution in [1.82, 2.24) is 15.2 Å². The van der Waals surface area contributed by atoms with Crippen molar-refractivity contribution in [3.63, 3.8) is 0 Å². The standard InChI is InChI=1S/C18H23N3O2/c1-21-11-15(17(22)12-21)10-18(23)20-8-6-13-4-5-16-14(9-13)3-2-7-19-16/h2-5,7,9,15,17,22H,6,8,10-12H2,1H3,(H,20,23)/t15-,17-/m1/s1. The topological polar surface area (TPSA) is 65.5 Å². The molecule has 2 aromatic rings. The highest BCUT2D eigenvalue weighted by Crippen LogP contribution is 2.18. The summed E-state index contributed by atoms with van der Waals surface area (Å²) in [4.78, 5) is 18.4. The highest BCUT2D eigenvalue weighted by molar-refractivity contribution is 5.79. The zero-order valence-electron chi connectivity index (χ0n) is 13.4. The maximum Gasteiger partial charge on any atom is 0.220 e. The van der Waals surface area contributed by atoms with Gasteiger partial charge in [-0.1, -0.05) is 12.1 Å². The number of benzene rings is 1. The largest absolute Gasteiger partial charge is 0.391 e. The van der Waals surface area contributed by atoms with E-state index in [-0.39, 0.29) is 11.8 Å². The molecule has 0 spiro atoms. The van der Waals surface area contributed by atoms with Gasteiger partial charge in [-0.05, 0) is 37.2 Å². The molecule has 1 aromatic carbocycles. The zero-order valence-corrected chi connectivity index (χ0v) is 13.4. The Bertz CT molecular complexity index is 689. The van der Waals surface area contributed by atoms with Gasteiger partial charge in [-0.15, -0.1) is 0 Å². The number of likely N-dealkylation sites (tertiary alicyclic amines) is 1. The molecule has 0 unspecified atom stereocenters. The quantitative estimate of drug-likeness (QED) is 0.871. The van der Waals surface area contributed by atoms with Crippen LogP contribution in [0.5, 0.6) is 0 Å². The lowest BCUT2D eigenvalue weighted by atomic mass is 10.0. The van der Waals surface area contributed by atoms with Crippen molar-refractivity contribution in [3.05, 3.63) is 42.1 Å². The van der Waals surface area contributed by atoms with E-state index in [1.54, 1.807) is 6.20 Å². The molecule has 1 saturated heterocycles. The number of carbonyl (C=O) groups excluding carboxylic acids is 1. The molecule has 1 aromatic heterocycles. The summed E-state index contributed by atoms with van der Waals surface area (Å²) in [5.41, 5.74) is 2.17. The summed E-state index contributed by atoms with van der Waals surface area (Å²) in [6.45, 7) is 2.05. The van der Waals surface area contributed by atoms with Gasteiger partial charge in [-0.25, -0.2) is 0 Å². The molecule has 1 aliphatic rings. The second-order valence-electron chi connectivity index (χ2n) is 6.38. The molecule has 1 fully saturated rings. The third-order valence-electron chi connectivity index (χ3n) is 4.44. The Hall–Kier alpha value is -1.98. The number of fused-ring (bicyclic) bond motifs is 1. The summed E-state index contributed by atoms with van der Waals surface area (Å²) in [6, 6.07) is 10.2. The highest BCUT2D eigenvalue weighted by atomic mass is 16.3. The number of β-amino-alcohol motifs (C(OH)–C–C–N with tert-alkyl or cyclic N) is 1. The van der Waals surface area contributed by atoms with Crippen LogP contribution < -0.4 is 5.32 Å². The van der Waals surface area contributed by atoms with Gasteiger partial charge in [-0.3, -0.25) is 9.78 Å². The maximum atomic E-state index is 12.0. The van der Waals surface area contributed by atoms with Crippen LogP contribution in [0.1, 0.15) is 12.0 Å². The first-order chi connectivity index (χ1) is 11.1. The molecule has 0 aliphatic carbocycles. The van der Waals surface area contributed by atoms with Crippen LogP contribution in [0.4, 0.5) is 0 Å². The Morgan fingerprint density at radius 1 is 1.39 bits per heavy atom. The van der Waals surface area contributed by atoms with Crippen molar-refractivity contribution in [3.8, 4) is 0 Å². The minimum atomic E-state index is -0.390. The van der Waals surface area contributed by atoms with Crippen LogP contribution >= 0.6 is 0 Å². The number of pyridine rings is 1. The minimum Gasteiger partial charge on any atom is -0.391 e. The second-order valence-corrected chi connectivity index (χ2v) is 6.38. The Balaban J connectivity index is 1.47. The number of aromatic nitrogens is 1. The van der Waals surface area contributed by atoms with E-state index in [1.165, 1.54) is 5.56 Å². The van der Waals surface area contributed by atoms with E-state index >= 15 is 0 Å². The molecule has 5 heteroatoms. The van der Waals surface area contributed by atoms with Crippen LogP contribution in [0.3, 0.4) is 0 Å². The molecule has 0 bridgehead atoms. The van der Waals surface area contributed by atoms with Crippen molar-refractivity contribution in [2.45, 2.75) is 18.9 Å². The lowest BCUT2D eigenvalue weighted by Crippen LogP contribution is -2.30. The molecular formula is C18H23N3O2. The number of aliphatic hydroxyl groups excluding tert-OH is 1. The summed E-state index contributed by atoms with van der Waals surface area (Å²) >= 11 is 0. The van der Waals surface area contributed by atoms with Crippen molar-refractivity contribution in [1.29, 1.82) is 0 Å². The van der Waals surface area contributed by atoms with Crippen LogP contribution in [-0.2, 0) is 11.2 Å². The summed E-state index contributed by atoms with van der Waals surface area (Å²) in [7, 11) is 1.97. The lowest BCUT2D eigenvalue weighted by Gasteiger charge is -2.13. The Morgan fingerprint density at radius 3 is 3.04 bits per heavy atom. The molecular weight excluding hydrogens is 290 g/mol. The van der Waals surface area contributed by atoms with Gasteiger partial charge >= 0.3 is 0 Å². The Labute approximate surface area is 136 Å². The third-order valence-corrected chi connectivity index (χ3v) is 4.44. The highest BCUT2D eigenvalue weighted by Gasteiger charge is 2.30. The van der Waals surface area contributed by atoms with Crippen LogP contribution in [-0.4, -0.2) is 53.7 Å². The van der Waals surface area contributed by atoms with Crippen LogP contribution in [0.15, 0.2) is 36.5 Å². The summed E-state index contributed by atoms with van der Waals surface area (Å²) in [5.74, 6) is 0.0681. The average molecular weight is 313 g/mol. The average Bonchev–Trinajstić information content (AvgIpc) is 2.84. The van der Waals surface area contributed by atoms with E-state index in [4.69, 9.17) is 0 Å². The second kappa shape index (κ2) is 7.06. The molecule has 3 rings (SSSR count). The molecule has 2 heterocycles. The van der Waals surface area contributed by atoms with Crippen molar-refractivity contribution in [2.75, 3.05) is 26.7 Å². The van der Waals surface area contributed by atoms with Gasteiger partial charge in [0.25, 0.3) is 0 Å². The first kappa shape index (κ1) is 15.9. The molecule has 0 radical (unpaired) electrons. The number of nitrogens with one attached hydrogen (secondary N) is 1. The van der Waals surface area contributed by atoms with Crippen LogP contribution in [0, 0.1) is 5.92 Å². The van der Waals surface area contributed by atoms with E-state index in [2.05, 4.69) is 27.3 Å². The SMILES string of the molecule is CN1C[C@@H](CC(=O)NCCc2ccc3ncccc3c2)[C@H](O)C1. The predicted molar refractivity (Wildman–Crippen MR) is 90.1 cm³/mol. The maximum absolute atomic E-state index is 12.0. The predicted octanol–water partition coefficient (Wildman–Crippen LogP) is 1.21. The fraction of sp³-hybridized carbons (Fsp3) is 0.444. The number of hydrogen-bond acceptors (Lipinski definition) is 4. The molecule has 5 nitrogen and oxygen atoms in total. The van der Waals surface area contributed by atoms with Crippen molar-refractivity contribution in [2.24, 2.45) is 5.92 Å². The monoisotopic (exact) mass is 313 g/mol. The normalized spacial score (nSPS) is 21.7. The molecule has 0 saturated carbocycles. The fourth-order valence-corrected chi connectivity index (χ4v) is 3.20. The smallest absolute Gasteiger partial charge is 0.220 e. The van der Waals surface area contributed by atoms with E-state index in [0.717, 1.165) is 23.9 Å². The molecule has 2 atom stereocenters. The summed E-state index contributed by atoms with van der Waals surface area (Å²) < 4.78 is 0. The van der Waals surface area contributed by atoms with Crippen LogP contribution in [0.25, 0.3) is 10.9 Å². The van der Waals surface area contributed by atoms with Gasteiger partial charge in [0, 0.05) is 43.6 Å². The summed E-state index contributed by atoms with van der Waals surface area (Å²) in [6.07, 6.45) is 2.59. The van der Waals surface area contributed by atoms with Gasteiger partial charge in [0.15, 0.2) is 0 Å². The van der Waals surface area contributed by atoms with Gasteiger partial charge in [0.2, 0.25) is 5.91 Å². The molecule has 1 aliphatic heterocycles. The minimum absolute atomic E-state index is 0.0202.